The monoisotopic (exact) mass is 427 g/mol. The van der Waals surface area contributed by atoms with Crippen molar-refractivity contribution in [3.63, 3.8) is 0 Å². The Balaban J connectivity index is 1.76. The zero-order valence-corrected chi connectivity index (χ0v) is 17.8. The van der Waals surface area contributed by atoms with Crippen LogP contribution < -0.4 is 0 Å². The van der Waals surface area contributed by atoms with E-state index >= 15 is 0 Å². The van der Waals surface area contributed by atoms with Crippen LogP contribution in [0.1, 0.15) is 37.0 Å². The molecule has 2 amide bonds. The van der Waals surface area contributed by atoms with Crippen molar-refractivity contribution in [2.75, 3.05) is 39.3 Å². The molecule has 0 unspecified atom stereocenters. The molecule has 154 valence electrons. The van der Waals surface area contributed by atoms with Crippen LogP contribution in [0.25, 0.3) is 0 Å². The second-order valence-corrected chi connectivity index (χ2v) is 9.87. The first-order valence-corrected chi connectivity index (χ1v) is 11.4. The molecule has 7 nitrogen and oxygen atoms in total. The van der Waals surface area contributed by atoms with E-state index in [-0.39, 0.29) is 33.2 Å². The predicted octanol–water partition coefficient (Wildman–Crippen LogP) is 2.06. The average molecular weight is 428 g/mol. The van der Waals surface area contributed by atoms with E-state index in [1.54, 1.807) is 9.80 Å². The van der Waals surface area contributed by atoms with Crippen LogP contribution in [0.5, 0.6) is 0 Å². The predicted molar refractivity (Wildman–Crippen MR) is 107 cm³/mol. The Morgan fingerprint density at radius 1 is 0.964 bits per heavy atom. The van der Waals surface area contributed by atoms with Crippen LogP contribution in [0, 0.1) is 5.92 Å². The van der Waals surface area contributed by atoms with Gasteiger partial charge in [-0.25, -0.2) is 8.42 Å². The normalized spacial score (nSPS) is 18.7. The van der Waals surface area contributed by atoms with Gasteiger partial charge in [0.25, 0.3) is 5.91 Å². The molecule has 0 radical (unpaired) electrons. The lowest BCUT2D eigenvalue weighted by Crippen LogP contribution is -2.51. The quantitative estimate of drug-likeness (QED) is 0.736. The third-order valence-electron chi connectivity index (χ3n) is 5.24. The number of benzene rings is 1. The Labute approximate surface area is 171 Å². The average Bonchev–Trinajstić information content (AvgIpc) is 3.23. The smallest absolute Gasteiger partial charge is 0.255 e. The van der Waals surface area contributed by atoms with Gasteiger partial charge in [-0.15, -0.1) is 0 Å². The highest BCUT2D eigenvalue weighted by atomic mass is 35.5. The van der Waals surface area contributed by atoms with Gasteiger partial charge in [-0.3, -0.25) is 9.59 Å². The molecule has 1 aromatic rings. The topological polar surface area (TPSA) is 78.0 Å². The standard InChI is InChI=1S/C19H26ClN3O4S/c1-14(2)18(24)21-9-11-22(12-10-21)19(25)16-13-15(5-6-17(16)20)28(26,27)23-7-3-4-8-23/h5-6,13-14H,3-4,7-12H2,1-2H3. The summed E-state index contributed by atoms with van der Waals surface area (Å²) >= 11 is 6.22. The maximum absolute atomic E-state index is 13.0. The first kappa shape index (κ1) is 21.1. The largest absolute Gasteiger partial charge is 0.339 e. The fraction of sp³-hybridized carbons (Fsp3) is 0.579. The molecule has 0 spiro atoms. The fourth-order valence-electron chi connectivity index (χ4n) is 3.57. The molecule has 2 aliphatic rings. The van der Waals surface area contributed by atoms with E-state index in [0.29, 0.717) is 39.3 Å². The van der Waals surface area contributed by atoms with Crippen LogP contribution >= 0.6 is 11.6 Å². The van der Waals surface area contributed by atoms with Crippen LogP contribution in [0.2, 0.25) is 5.02 Å². The molecule has 9 heteroatoms. The maximum atomic E-state index is 13.0. The number of carbonyl (C=O) groups excluding carboxylic acids is 2. The summed E-state index contributed by atoms with van der Waals surface area (Å²) in [4.78, 5) is 28.5. The number of carbonyl (C=O) groups is 2. The van der Waals surface area contributed by atoms with E-state index in [1.807, 2.05) is 13.8 Å². The summed E-state index contributed by atoms with van der Waals surface area (Å²) in [5, 5.41) is 0.228. The second kappa shape index (κ2) is 8.39. The number of sulfonamides is 1. The third-order valence-corrected chi connectivity index (χ3v) is 7.47. The van der Waals surface area contributed by atoms with Crippen LogP contribution in [-0.2, 0) is 14.8 Å². The Bertz CT molecular complexity index is 858. The molecule has 1 aromatic carbocycles. The molecule has 3 rings (SSSR count). The minimum atomic E-state index is -3.62. The van der Waals surface area contributed by atoms with Gasteiger partial charge in [0.15, 0.2) is 0 Å². The lowest BCUT2D eigenvalue weighted by Gasteiger charge is -2.35. The molecule has 0 atom stereocenters. The fourth-order valence-corrected chi connectivity index (χ4v) is 5.31. The van der Waals surface area contributed by atoms with Crippen molar-refractivity contribution in [2.24, 2.45) is 5.92 Å². The molecular formula is C19H26ClN3O4S. The molecule has 2 fully saturated rings. The highest BCUT2D eigenvalue weighted by Crippen LogP contribution is 2.26. The van der Waals surface area contributed by atoms with E-state index in [9.17, 15) is 18.0 Å². The summed E-state index contributed by atoms with van der Waals surface area (Å²) in [5.41, 5.74) is 0.186. The van der Waals surface area contributed by atoms with Gasteiger partial charge in [0, 0.05) is 45.2 Å². The number of halogens is 1. The van der Waals surface area contributed by atoms with Crippen molar-refractivity contribution in [1.29, 1.82) is 0 Å². The SMILES string of the molecule is CC(C)C(=O)N1CCN(C(=O)c2cc(S(=O)(=O)N3CCCC3)ccc2Cl)CC1. The first-order chi connectivity index (χ1) is 13.2. The molecule has 0 aromatic heterocycles. The van der Waals surface area contributed by atoms with Crippen molar-refractivity contribution in [2.45, 2.75) is 31.6 Å². The van der Waals surface area contributed by atoms with Crippen molar-refractivity contribution in [3.05, 3.63) is 28.8 Å². The summed E-state index contributed by atoms with van der Waals surface area (Å²) in [7, 11) is -3.62. The van der Waals surface area contributed by atoms with Crippen molar-refractivity contribution in [3.8, 4) is 0 Å². The van der Waals surface area contributed by atoms with Gasteiger partial charge in [0.2, 0.25) is 15.9 Å². The maximum Gasteiger partial charge on any atom is 0.255 e. The molecule has 0 saturated carbocycles. The molecule has 0 N–H and O–H groups in total. The van der Waals surface area contributed by atoms with Gasteiger partial charge >= 0.3 is 0 Å². The highest BCUT2D eigenvalue weighted by molar-refractivity contribution is 7.89. The van der Waals surface area contributed by atoms with Crippen LogP contribution in [-0.4, -0.2) is 73.6 Å². The summed E-state index contributed by atoms with van der Waals surface area (Å²) < 4.78 is 27.0. The van der Waals surface area contributed by atoms with E-state index in [1.165, 1.54) is 22.5 Å². The molecule has 28 heavy (non-hydrogen) atoms. The van der Waals surface area contributed by atoms with Gasteiger partial charge in [0.05, 0.1) is 15.5 Å². The van der Waals surface area contributed by atoms with E-state index in [0.717, 1.165) is 12.8 Å². The van der Waals surface area contributed by atoms with E-state index in [2.05, 4.69) is 0 Å². The number of hydrogen-bond acceptors (Lipinski definition) is 4. The highest BCUT2D eigenvalue weighted by Gasteiger charge is 2.30. The summed E-state index contributed by atoms with van der Waals surface area (Å²) in [6.07, 6.45) is 1.69. The lowest BCUT2D eigenvalue weighted by atomic mass is 10.1. The van der Waals surface area contributed by atoms with Gasteiger partial charge in [-0.2, -0.15) is 4.31 Å². The number of nitrogens with zero attached hydrogens (tertiary/aromatic N) is 3. The van der Waals surface area contributed by atoms with E-state index in [4.69, 9.17) is 11.6 Å². The summed E-state index contributed by atoms with van der Waals surface area (Å²) in [6.45, 7) is 6.43. The molecule has 2 saturated heterocycles. The van der Waals surface area contributed by atoms with Gasteiger partial charge < -0.3 is 9.80 Å². The Kier molecular flexibility index (Phi) is 6.31. The Hall–Kier alpha value is -1.64. The zero-order valence-electron chi connectivity index (χ0n) is 16.2. The van der Waals surface area contributed by atoms with Crippen LogP contribution in [0.4, 0.5) is 0 Å². The number of piperazine rings is 1. The minimum absolute atomic E-state index is 0.0730. The van der Waals surface area contributed by atoms with Crippen LogP contribution in [0.3, 0.4) is 0 Å². The van der Waals surface area contributed by atoms with Crippen molar-refractivity contribution >= 4 is 33.4 Å². The van der Waals surface area contributed by atoms with Gasteiger partial charge in [-0.1, -0.05) is 25.4 Å². The minimum Gasteiger partial charge on any atom is -0.339 e. The number of rotatable bonds is 4. The van der Waals surface area contributed by atoms with Gasteiger partial charge in [-0.05, 0) is 31.0 Å². The van der Waals surface area contributed by atoms with Gasteiger partial charge in [0.1, 0.15) is 0 Å². The Morgan fingerprint density at radius 3 is 2.11 bits per heavy atom. The molecular weight excluding hydrogens is 402 g/mol. The number of hydrogen-bond donors (Lipinski definition) is 0. The zero-order chi connectivity index (χ0) is 20.5. The summed E-state index contributed by atoms with van der Waals surface area (Å²) in [5.74, 6) is -0.312. The van der Waals surface area contributed by atoms with Crippen molar-refractivity contribution < 1.29 is 18.0 Å². The third kappa shape index (κ3) is 4.18. The molecule has 0 aliphatic carbocycles. The second-order valence-electron chi connectivity index (χ2n) is 7.53. The first-order valence-electron chi connectivity index (χ1n) is 9.59. The lowest BCUT2D eigenvalue weighted by molar-refractivity contribution is -0.135. The summed E-state index contributed by atoms with van der Waals surface area (Å²) in [6, 6.07) is 4.30. The van der Waals surface area contributed by atoms with Crippen LogP contribution in [0.15, 0.2) is 23.1 Å². The molecule has 0 bridgehead atoms. The number of amides is 2. The molecule has 2 aliphatic heterocycles. The molecule has 2 heterocycles. The Morgan fingerprint density at radius 2 is 1.54 bits per heavy atom. The van der Waals surface area contributed by atoms with E-state index < -0.39 is 10.0 Å². The van der Waals surface area contributed by atoms with Crippen molar-refractivity contribution in [1.82, 2.24) is 14.1 Å².